The number of thiophene rings is 1. The molecule has 2 rings (SSSR count). The summed E-state index contributed by atoms with van der Waals surface area (Å²) >= 11 is 1.43. The quantitative estimate of drug-likeness (QED) is 0.833. The van der Waals surface area contributed by atoms with Gasteiger partial charge >= 0.3 is 0 Å². The lowest BCUT2D eigenvalue weighted by molar-refractivity contribution is 0.103. The summed E-state index contributed by atoms with van der Waals surface area (Å²) in [6.45, 7) is 4.02. The Balaban J connectivity index is 2.35. The number of methoxy groups -OCH3 is 1. The molecule has 8 heteroatoms. The van der Waals surface area contributed by atoms with E-state index in [-0.39, 0.29) is 16.6 Å². The van der Waals surface area contributed by atoms with Crippen molar-refractivity contribution in [2.24, 2.45) is 0 Å². The van der Waals surface area contributed by atoms with Crippen LogP contribution in [0.25, 0.3) is 0 Å². The summed E-state index contributed by atoms with van der Waals surface area (Å²) < 4.78 is 31.1. The Hall–Kier alpha value is -1.90. The fourth-order valence-electron chi connectivity index (χ4n) is 2.33. The van der Waals surface area contributed by atoms with Crippen molar-refractivity contribution < 1.29 is 17.9 Å². The Morgan fingerprint density at radius 3 is 2.48 bits per heavy atom. The van der Waals surface area contributed by atoms with E-state index in [2.05, 4.69) is 5.32 Å². The van der Waals surface area contributed by atoms with Crippen LogP contribution in [0.5, 0.6) is 5.75 Å². The number of carbonyl (C=O) groups excluding carboxylic acids is 1. The van der Waals surface area contributed by atoms with Crippen molar-refractivity contribution in [2.75, 3.05) is 26.5 Å². The zero-order chi connectivity index (χ0) is 18.8. The molecule has 2 aromatic rings. The van der Waals surface area contributed by atoms with Crippen LogP contribution in [0.3, 0.4) is 0 Å². The molecule has 1 amide bonds. The minimum absolute atomic E-state index is 0.00871. The minimum atomic E-state index is -3.69. The molecule has 0 atom stereocenters. The Morgan fingerprint density at radius 2 is 1.96 bits per heavy atom. The van der Waals surface area contributed by atoms with Crippen molar-refractivity contribution in [3.63, 3.8) is 0 Å². The van der Waals surface area contributed by atoms with Crippen molar-refractivity contribution >= 4 is 33.0 Å². The number of nitrogens with zero attached hydrogens (tertiary/aromatic N) is 1. The average Bonchev–Trinajstić information content (AvgIpc) is 2.95. The van der Waals surface area contributed by atoms with Gasteiger partial charge in [-0.05, 0) is 43.2 Å². The second-order valence-corrected chi connectivity index (χ2v) is 9.03. The first kappa shape index (κ1) is 19.4. The molecular formula is C17H22N2O4S2. The summed E-state index contributed by atoms with van der Waals surface area (Å²) in [6, 6.07) is 6.43. The molecule has 0 aliphatic carbocycles. The van der Waals surface area contributed by atoms with Gasteiger partial charge in [-0.1, -0.05) is 6.92 Å². The first-order chi connectivity index (χ1) is 11.7. The standard InChI is InChI=1S/C17H22N2O4S2/c1-6-12-9-15(24-11(12)2)17(20)18-13-7-8-14(23-5)16(10-13)25(21,22)19(3)4/h7-10H,6H2,1-5H3,(H,18,20). The fourth-order valence-corrected chi connectivity index (χ4v) is 4.41. The average molecular weight is 383 g/mol. The van der Waals surface area contributed by atoms with E-state index in [4.69, 9.17) is 4.74 Å². The lowest BCUT2D eigenvalue weighted by Crippen LogP contribution is -2.23. The molecule has 0 spiro atoms. The van der Waals surface area contributed by atoms with Crippen LogP contribution in [-0.2, 0) is 16.4 Å². The van der Waals surface area contributed by atoms with Gasteiger partial charge in [0.15, 0.2) is 0 Å². The van der Waals surface area contributed by atoms with Crippen molar-refractivity contribution in [1.82, 2.24) is 4.31 Å². The van der Waals surface area contributed by atoms with Gasteiger partial charge in [0, 0.05) is 24.7 Å². The molecule has 0 saturated heterocycles. The van der Waals surface area contributed by atoms with Gasteiger partial charge < -0.3 is 10.1 Å². The van der Waals surface area contributed by atoms with E-state index in [0.29, 0.717) is 10.6 Å². The number of benzene rings is 1. The molecular weight excluding hydrogens is 360 g/mol. The van der Waals surface area contributed by atoms with Crippen LogP contribution >= 0.6 is 11.3 Å². The van der Waals surface area contributed by atoms with E-state index >= 15 is 0 Å². The maximum Gasteiger partial charge on any atom is 0.265 e. The summed E-state index contributed by atoms with van der Waals surface area (Å²) in [5.41, 5.74) is 1.54. The third kappa shape index (κ3) is 4.02. The highest BCUT2D eigenvalue weighted by Gasteiger charge is 2.23. The minimum Gasteiger partial charge on any atom is -0.495 e. The second-order valence-electron chi connectivity index (χ2n) is 5.65. The lowest BCUT2D eigenvalue weighted by atomic mass is 10.2. The van der Waals surface area contributed by atoms with Crippen LogP contribution in [0.15, 0.2) is 29.2 Å². The molecule has 0 aliphatic rings. The summed E-state index contributed by atoms with van der Waals surface area (Å²) in [4.78, 5) is 14.2. The van der Waals surface area contributed by atoms with Gasteiger partial charge in [-0.25, -0.2) is 12.7 Å². The van der Waals surface area contributed by atoms with E-state index in [1.54, 1.807) is 6.07 Å². The first-order valence-electron chi connectivity index (χ1n) is 7.72. The Labute approximate surface area is 152 Å². The smallest absolute Gasteiger partial charge is 0.265 e. The number of hydrogen-bond donors (Lipinski definition) is 1. The van der Waals surface area contributed by atoms with Crippen molar-refractivity contribution in [3.8, 4) is 5.75 Å². The van der Waals surface area contributed by atoms with Crippen molar-refractivity contribution in [1.29, 1.82) is 0 Å². The molecule has 0 fully saturated rings. The van der Waals surface area contributed by atoms with Crippen LogP contribution in [0.1, 0.15) is 27.0 Å². The predicted octanol–water partition coefficient (Wildman–Crippen LogP) is 3.13. The van der Waals surface area contributed by atoms with Gasteiger partial charge in [0.2, 0.25) is 10.0 Å². The van der Waals surface area contributed by atoms with Crippen LogP contribution in [0.4, 0.5) is 5.69 Å². The van der Waals surface area contributed by atoms with Crippen LogP contribution < -0.4 is 10.1 Å². The van der Waals surface area contributed by atoms with Gasteiger partial charge in [-0.3, -0.25) is 4.79 Å². The fraction of sp³-hybridized carbons (Fsp3) is 0.353. The molecule has 25 heavy (non-hydrogen) atoms. The third-order valence-corrected chi connectivity index (χ3v) is 6.73. The molecule has 1 heterocycles. The molecule has 1 aromatic heterocycles. The van der Waals surface area contributed by atoms with Gasteiger partial charge in [0.05, 0.1) is 12.0 Å². The van der Waals surface area contributed by atoms with Crippen LogP contribution in [-0.4, -0.2) is 39.8 Å². The zero-order valence-electron chi connectivity index (χ0n) is 14.9. The van der Waals surface area contributed by atoms with E-state index in [1.807, 2.05) is 19.9 Å². The van der Waals surface area contributed by atoms with Crippen LogP contribution in [0.2, 0.25) is 0 Å². The number of amides is 1. The maximum atomic E-state index is 12.5. The first-order valence-corrected chi connectivity index (χ1v) is 9.97. The van der Waals surface area contributed by atoms with E-state index < -0.39 is 10.0 Å². The van der Waals surface area contributed by atoms with E-state index in [9.17, 15) is 13.2 Å². The molecule has 0 aliphatic heterocycles. The number of carbonyl (C=O) groups is 1. The molecule has 1 aromatic carbocycles. The number of anilines is 1. The normalized spacial score (nSPS) is 11.6. The highest BCUT2D eigenvalue weighted by Crippen LogP contribution is 2.29. The number of rotatable bonds is 6. The molecule has 0 bridgehead atoms. The summed E-state index contributed by atoms with van der Waals surface area (Å²) in [5.74, 6) is -0.0295. The summed E-state index contributed by atoms with van der Waals surface area (Å²) in [5, 5.41) is 2.76. The molecule has 136 valence electrons. The highest BCUT2D eigenvalue weighted by atomic mass is 32.2. The molecule has 0 unspecified atom stereocenters. The summed E-state index contributed by atoms with van der Waals surface area (Å²) in [7, 11) is 0.607. The summed E-state index contributed by atoms with van der Waals surface area (Å²) in [6.07, 6.45) is 0.864. The van der Waals surface area contributed by atoms with Gasteiger partial charge in [-0.2, -0.15) is 0 Å². The number of aryl methyl sites for hydroxylation is 2. The molecule has 1 N–H and O–H groups in total. The number of sulfonamides is 1. The van der Waals surface area contributed by atoms with E-state index in [1.165, 1.54) is 44.7 Å². The topological polar surface area (TPSA) is 75.7 Å². The molecule has 6 nitrogen and oxygen atoms in total. The predicted molar refractivity (Wildman–Crippen MR) is 100 cm³/mol. The number of nitrogens with one attached hydrogen (secondary N) is 1. The second kappa shape index (κ2) is 7.55. The van der Waals surface area contributed by atoms with E-state index in [0.717, 1.165) is 21.2 Å². The molecule has 0 saturated carbocycles. The Kier molecular flexibility index (Phi) is 5.87. The maximum absolute atomic E-state index is 12.5. The van der Waals surface area contributed by atoms with Crippen LogP contribution in [0, 0.1) is 6.92 Å². The van der Waals surface area contributed by atoms with Gasteiger partial charge in [-0.15, -0.1) is 11.3 Å². The number of ether oxygens (including phenoxy) is 1. The van der Waals surface area contributed by atoms with Gasteiger partial charge in [0.25, 0.3) is 5.91 Å². The highest BCUT2D eigenvalue weighted by molar-refractivity contribution is 7.89. The monoisotopic (exact) mass is 382 g/mol. The third-order valence-electron chi connectivity index (χ3n) is 3.81. The van der Waals surface area contributed by atoms with Crippen molar-refractivity contribution in [3.05, 3.63) is 39.6 Å². The molecule has 0 radical (unpaired) electrons. The zero-order valence-corrected chi connectivity index (χ0v) is 16.5. The largest absolute Gasteiger partial charge is 0.495 e. The number of hydrogen-bond acceptors (Lipinski definition) is 5. The Morgan fingerprint density at radius 1 is 1.28 bits per heavy atom. The van der Waals surface area contributed by atoms with Gasteiger partial charge in [0.1, 0.15) is 10.6 Å². The SMILES string of the molecule is CCc1cc(C(=O)Nc2ccc(OC)c(S(=O)(=O)N(C)C)c2)sc1C. The van der Waals surface area contributed by atoms with Crippen molar-refractivity contribution in [2.45, 2.75) is 25.2 Å². The Bertz CT molecular complexity index is 886. The lowest BCUT2D eigenvalue weighted by Gasteiger charge is -2.15.